The van der Waals surface area contributed by atoms with Gasteiger partial charge in [0.2, 0.25) is 0 Å². The Morgan fingerprint density at radius 2 is 1.97 bits per heavy atom. The number of nitrogens with zero attached hydrogens (tertiary/aromatic N) is 4. The summed E-state index contributed by atoms with van der Waals surface area (Å²) in [4.78, 5) is 38.3. The van der Waals surface area contributed by atoms with Gasteiger partial charge in [-0.25, -0.2) is 14.8 Å². The molecule has 1 aromatic carbocycles. The Labute approximate surface area is 225 Å². The highest BCUT2D eigenvalue weighted by Gasteiger charge is 2.52. The van der Waals surface area contributed by atoms with E-state index in [4.69, 9.17) is 17.0 Å². The van der Waals surface area contributed by atoms with Gasteiger partial charge in [0.05, 0.1) is 23.1 Å². The molecule has 3 heterocycles. The fourth-order valence-electron chi connectivity index (χ4n) is 4.16. The molecular formula is C21H23N7O9S2. The number of carboxylic acid groups (broad SMARTS) is 1. The molecule has 3 unspecified atom stereocenters. The number of aromatic carboxylic acids is 1. The number of oxime groups is 1. The number of aromatic hydroxyl groups is 2. The molecule has 2 aliphatic rings. The van der Waals surface area contributed by atoms with Crippen LogP contribution in [0.5, 0.6) is 11.5 Å². The average Bonchev–Trinajstić information content (AvgIpc) is 3.28. The average molecular weight is 582 g/mol. The number of aromatic nitrogens is 2. The lowest BCUT2D eigenvalue weighted by atomic mass is 9.91. The zero-order valence-electron chi connectivity index (χ0n) is 20.0. The molecule has 0 radical (unpaired) electrons. The number of phenols is 2. The van der Waals surface area contributed by atoms with Gasteiger partial charge in [0.25, 0.3) is 5.91 Å². The van der Waals surface area contributed by atoms with E-state index >= 15 is 0 Å². The van der Waals surface area contributed by atoms with Crippen LogP contribution in [0.25, 0.3) is 11.0 Å². The number of terminal acetylenes is 1. The Bertz CT molecular complexity index is 1510. The first-order chi connectivity index (χ1) is 18.3. The third kappa shape index (κ3) is 5.68. The van der Waals surface area contributed by atoms with Crippen LogP contribution in [-0.4, -0.2) is 95.6 Å². The van der Waals surface area contributed by atoms with Crippen molar-refractivity contribution in [2.24, 2.45) is 10.9 Å². The molecule has 4 rings (SSSR count). The minimum absolute atomic E-state index is 0.00723. The summed E-state index contributed by atoms with van der Waals surface area (Å²) in [6, 6.07) is -1.41. The Morgan fingerprint density at radius 3 is 2.51 bits per heavy atom. The number of nitrogens with one attached hydrogen (secondary N) is 2. The molecule has 16 nitrogen and oxygen atoms in total. The zero-order valence-corrected chi connectivity index (χ0v) is 21.7. The molecule has 2 fully saturated rings. The molecule has 2 saturated heterocycles. The number of hydrogen-bond donors (Lipinski definition) is 7. The fourth-order valence-corrected chi connectivity index (χ4v) is 6.10. The topological polar surface area (TPSA) is 250 Å². The van der Waals surface area contributed by atoms with Crippen LogP contribution in [0.2, 0.25) is 0 Å². The van der Waals surface area contributed by atoms with Crippen LogP contribution in [0.4, 0.5) is 0 Å². The molecule has 39 heavy (non-hydrogen) atoms. The molecular weight excluding hydrogens is 558 g/mol. The maximum absolute atomic E-state index is 13.2. The standard InChI is InChI=1S/C21H23N7O9S2/c1-3-13-16(8(2)28(13)39(34,35)36)26-19(31)17(12-7-38-21(22)25-12)27-37-6-11-18(20(32)33)24-10-5-15(30)14(29)4-9(10)23-11/h1,4-5,8,12-13,16,21,25,29-30H,6-7,22H2,2H3,(H,26,31)(H,32,33)(H,34,35,36)/b27-17-/t8-,12?,13?,16+,21?/m1/s1. The van der Waals surface area contributed by atoms with Gasteiger partial charge in [-0.05, 0) is 6.92 Å². The van der Waals surface area contributed by atoms with E-state index in [1.165, 1.54) is 18.7 Å². The zero-order chi connectivity index (χ0) is 28.6. The maximum Gasteiger partial charge on any atom is 0.356 e. The lowest BCUT2D eigenvalue weighted by molar-refractivity contribution is -0.117. The van der Waals surface area contributed by atoms with E-state index in [0.717, 1.165) is 12.1 Å². The summed E-state index contributed by atoms with van der Waals surface area (Å²) in [6.45, 7) is 0.904. The van der Waals surface area contributed by atoms with E-state index in [1.54, 1.807) is 0 Å². The molecule has 1 aromatic heterocycles. The van der Waals surface area contributed by atoms with Gasteiger partial charge >= 0.3 is 16.3 Å². The Morgan fingerprint density at radius 1 is 1.33 bits per heavy atom. The van der Waals surface area contributed by atoms with E-state index in [2.05, 4.69) is 31.7 Å². The van der Waals surface area contributed by atoms with E-state index in [0.29, 0.717) is 10.1 Å². The summed E-state index contributed by atoms with van der Waals surface area (Å²) in [5.41, 5.74) is 4.55. The van der Waals surface area contributed by atoms with Gasteiger partial charge in [-0.3, -0.25) is 14.7 Å². The smallest absolute Gasteiger partial charge is 0.356 e. The summed E-state index contributed by atoms with van der Waals surface area (Å²) in [7, 11) is -4.60. The van der Waals surface area contributed by atoms with Gasteiger partial charge in [0, 0.05) is 23.9 Å². The number of benzene rings is 1. The molecule has 208 valence electrons. The summed E-state index contributed by atoms with van der Waals surface area (Å²) in [6.07, 6.45) is 5.41. The molecule has 0 bridgehead atoms. The van der Waals surface area contributed by atoms with Gasteiger partial charge in [0.15, 0.2) is 29.5 Å². The Hall–Kier alpha value is -3.73. The number of carbonyl (C=O) groups excluding carboxylic acids is 1. The van der Waals surface area contributed by atoms with Crippen molar-refractivity contribution in [1.82, 2.24) is 24.9 Å². The fraction of sp³-hybridized carbons (Fsp3) is 0.381. The van der Waals surface area contributed by atoms with Crippen molar-refractivity contribution in [3.8, 4) is 23.8 Å². The van der Waals surface area contributed by atoms with Crippen LogP contribution in [0.3, 0.4) is 0 Å². The van der Waals surface area contributed by atoms with E-state index < -0.39 is 75.6 Å². The molecule has 0 saturated carbocycles. The number of phenolic OH excluding ortho intramolecular Hbond substituents is 2. The SMILES string of the molecule is C#CC1[C@@H](NC(=O)/C(=N\OCc2nc3cc(O)c(O)cc3nc2C(=O)O)C2CSC(N)N2)[C@@H](C)N1S(=O)(=O)O. The van der Waals surface area contributed by atoms with Gasteiger partial charge in [0.1, 0.15) is 17.2 Å². The number of hydrogen-bond acceptors (Lipinski definition) is 13. The number of amides is 1. The highest BCUT2D eigenvalue weighted by molar-refractivity contribution is 8.00. The van der Waals surface area contributed by atoms with Crippen LogP contribution in [0.1, 0.15) is 23.1 Å². The van der Waals surface area contributed by atoms with E-state index in [1.807, 2.05) is 0 Å². The van der Waals surface area contributed by atoms with Crippen molar-refractivity contribution >= 4 is 50.7 Å². The summed E-state index contributed by atoms with van der Waals surface area (Å²) in [5.74, 6) is -0.667. The molecule has 8 N–H and O–H groups in total. The number of carboxylic acids is 1. The second-order valence-corrected chi connectivity index (χ2v) is 11.0. The van der Waals surface area contributed by atoms with E-state index in [-0.39, 0.29) is 22.4 Å². The van der Waals surface area contributed by atoms with Crippen molar-refractivity contribution in [3.63, 3.8) is 0 Å². The van der Waals surface area contributed by atoms with Crippen LogP contribution >= 0.6 is 11.8 Å². The highest BCUT2D eigenvalue weighted by Crippen LogP contribution is 2.30. The minimum atomic E-state index is -4.60. The van der Waals surface area contributed by atoms with Crippen LogP contribution < -0.4 is 16.4 Å². The predicted octanol–water partition coefficient (Wildman–Crippen LogP) is -1.45. The number of fused-ring (bicyclic) bond motifs is 1. The second kappa shape index (κ2) is 10.8. The van der Waals surface area contributed by atoms with Crippen molar-refractivity contribution in [2.75, 3.05) is 5.75 Å². The quantitative estimate of drug-likeness (QED) is 0.0620. The first-order valence-electron chi connectivity index (χ1n) is 11.1. The molecule has 0 aliphatic carbocycles. The molecule has 0 spiro atoms. The first kappa shape index (κ1) is 28.3. The monoisotopic (exact) mass is 581 g/mol. The lowest BCUT2D eigenvalue weighted by Crippen LogP contribution is -2.73. The highest BCUT2D eigenvalue weighted by atomic mass is 32.2. The largest absolute Gasteiger partial charge is 0.504 e. The number of carbonyl (C=O) groups is 2. The van der Waals surface area contributed by atoms with Crippen molar-refractivity contribution in [3.05, 3.63) is 23.5 Å². The Balaban J connectivity index is 1.58. The van der Waals surface area contributed by atoms with Gasteiger partial charge in [-0.15, -0.1) is 18.2 Å². The molecule has 2 aliphatic heterocycles. The van der Waals surface area contributed by atoms with E-state index in [9.17, 15) is 37.9 Å². The van der Waals surface area contributed by atoms with Crippen molar-refractivity contribution in [2.45, 2.75) is 43.2 Å². The molecule has 18 heteroatoms. The van der Waals surface area contributed by atoms with Gasteiger partial charge < -0.3 is 31.2 Å². The number of nitrogens with two attached hydrogens (primary N) is 1. The predicted molar refractivity (Wildman–Crippen MR) is 137 cm³/mol. The summed E-state index contributed by atoms with van der Waals surface area (Å²) >= 11 is 1.29. The number of rotatable bonds is 8. The lowest BCUT2D eigenvalue weighted by Gasteiger charge is -2.48. The second-order valence-electron chi connectivity index (χ2n) is 8.54. The molecule has 2 aromatic rings. The third-order valence-corrected chi connectivity index (χ3v) is 8.15. The third-order valence-electron chi connectivity index (χ3n) is 6.04. The summed E-state index contributed by atoms with van der Waals surface area (Å²) < 4.78 is 33.3. The van der Waals surface area contributed by atoms with Crippen molar-refractivity contribution in [1.29, 1.82) is 0 Å². The number of thioether (sulfide) groups is 1. The van der Waals surface area contributed by atoms with Crippen molar-refractivity contribution < 1.29 is 42.7 Å². The first-order valence-corrected chi connectivity index (χ1v) is 13.6. The minimum Gasteiger partial charge on any atom is -0.504 e. The van der Waals surface area contributed by atoms with Crippen LogP contribution in [-0.2, 0) is 26.5 Å². The Kier molecular flexibility index (Phi) is 7.83. The molecule has 1 amide bonds. The molecule has 5 atom stereocenters. The van der Waals surface area contributed by atoms with Crippen LogP contribution in [0, 0.1) is 12.3 Å². The summed E-state index contributed by atoms with van der Waals surface area (Å²) in [5, 5.41) is 38.4. The van der Waals surface area contributed by atoms with Gasteiger partial charge in [-0.2, -0.15) is 12.7 Å². The van der Waals surface area contributed by atoms with Gasteiger partial charge in [-0.1, -0.05) is 11.1 Å². The normalized spacial score (nSPS) is 25.6. The maximum atomic E-state index is 13.2. The van der Waals surface area contributed by atoms with Crippen LogP contribution in [0.15, 0.2) is 17.3 Å².